The van der Waals surface area contributed by atoms with Gasteiger partial charge in [-0.05, 0) is 50.1 Å². The summed E-state index contributed by atoms with van der Waals surface area (Å²) >= 11 is 0. The number of carbonyl (C=O) groups excluding carboxylic acids is 2. The summed E-state index contributed by atoms with van der Waals surface area (Å²) in [4.78, 5) is 22.6. The fraction of sp³-hybridized carbons (Fsp3) is 0.300. The Hall–Kier alpha value is -2.71. The van der Waals surface area contributed by atoms with Crippen molar-refractivity contribution in [3.05, 3.63) is 59.7 Å². The second kappa shape index (κ2) is 10.0. The topological polar surface area (TPSA) is 98.8 Å². The zero-order chi connectivity index (χ0) is 20.6. The molecule has 1 N–H and O–H groups in total. The molecular formula is C20H23NO6S. The quantitative estimate of drug-likeness (QED) is 0.481. The minimum atomic E-state index is -3.64. The summed E-state index contributed by atoms with van der Waals surface area (Å²) in [5.74, 6) is -0.0214. The van der Waals surface area contributed by atoms with Crippen molar-refractivity contribution < 1.29 is 27.5 Å². The zero-order valence-corrected chi connectivity index (χ0v) is 16.6. The standard InChI is InChI=1S/C20H23NO6S/c1-3-26-20(23)14-27-18-8-4-16(5-9-18)12-13-21-28(24,25)19-10-6-17(7-11-19)15(2)22/h4-11,21H,3,12-14H2,1-2H3. The summed E-state index contributed by atoms with van der Waals surface area (Å²) in [5.41, 5.74) is 1.38. The van der Waals surface area contributed by atoms with E-state index in [1.54, 1.807) is 31.2 Å². The molecule has 0 aliphatic carbocycles. The molecule has 0 aromatic heterocycles. The number of hydrogen-bond donors (Lipinski definition) is 1. The van der Waals surface area contributed by atoms with Gasteiger partial charge in [-0.1, -0.05) is 24.3 Å². The molecule has 2 rings (SSSR count). The Balaban J connectivity index is 1.85. The highest BCUT2D eigenvalue weighted by Gasteiger charge is 2.13. The van der Waals surface area contributed by atoms with Crippen LogP contribution in [0.1, 0.15) is 29.8 Å². The SMILES string of the molecule is CCOC(=O)COc1ccc(CCNS(=O)(=O)c2ccc(C(C)=O)cc2)cc1. The van der Waals surface area contributed by atoms with E-state index in [1.165, 1.54) is 31.2 Å². The minimum Gasteiger partial charge on any atom is -0.482 e. The van der Waals surface area contributed by atoms with E-state index in [0.717, 1.165) is 5.56 Å². The third-order valence-corrected chi connectivity index (χ3v) is 5.34. The molecule has 7 nitrogen and oxygen atoms in total. The summed E-state index contributed by atoms with van der Waals surface area (Å²) in [6, 6.07) is 12.8. The molecule has 0 radical (unpaired) electrons. The first kappa shape index (κ1) is 21.6. The number of hydrogen-bond acceptors (Lipinski definition) is 6. The van der Waals surface area contributed by atoms with Crippen LogP contribution in [0.4, 0.5) is 0 Å². The molecule has 0 atom stereocenters. The van der Waals surface area contributed by atoms with Crippen LogP contribution in [0.2, 0.25) is 0 Å². The van der Waals surface area contributed by atoms with E-state index in [4.69, 9.17) is 9.47 Å². The molecule has 150 valence electrons. The van der Waals surface area contributed by atoms with Crippen LogP contribution in [0.5, 0.6) is 5.75 Å². The number of sulfonamides is 1. The molecule has 2 aromatic carbocycles. The van der Waals surface area contributed by atoms with Gasteiger partial charge in [0.25, 0.3) is 0 Å². The summed E-state index contributed by atoms with van der Waals surface area (Å²) in [7, 11) is -3.64. The molecule has 0 heterocycles. The Morgan fingerprint density at radius 1 is 1.00 bits per heavy atom. The Kier molecular flexibility index (Phi) is 7.71. The lowest BCUT2D eigenvalue weighted by Crippen LogP contribution is -2.26. The fourth-order valence-electron chi connectivity index (χ4n) is 2.38. The van der Waals surface area contributed by atoms with Crippen LogP contribution in [0, 0.1) is 0 Å². The average Bonchev–Trinajstić information content (AvgIpc) is 2.67. The lowest BCUT2D eigenvalue weighted by atomic mass is 10.1. The van der Waals surface area contributed by atoms with Crippen molar-refractivity contribution in [2.75, 3.05) is 19.8 Å². The van der Waals surface area contributed by atoms with Crippen molar-refractivity contribution in [2.24, 2.45) is 0 Å². The molecule has 2 aromatic rings. The maximum atomic E-state index is 12.3. The van der Waals surface area contributed by atoms with Gasteiger partial charge in [0.1, 0.15) is 5.75 Å². The van der Waals surface area contributed by atoms with E-state index in [0.29, 0.717) is 24.3 Å². The van der Waals surface area contributed by atoms with Gasteiger partial charge in [0.05, 0.1) is 11.5 Å². The van der Waals surface area contributed by atoms with Gasteiger partial charge < -0.3 is 9.47 Å². The Morgan fingerprint density at radius 2 is 1.64 bits per heavy atom. The lowest BCUT2D eigenvalue weighted by Gasteiger charge is -2.09. The molecule has 0 saturated carbocycles. The predicted octanol–water partition coefficient (Wildman–Crippen LogP) is 2.35. The number of esters is 1. The second-order valence-corrected chi connectivity index (χ2v) is 7.73. The van der Waals surface area contributed by atoms with Gasteiger partial charge in [0.2, 0.25) is 10.0 Å². The molecule has 0 aliphatic rings. The number of ketones is 1. The van der Waals surface area contributed by atoms with E-state index in [-0.39, 0.29) is 23.8 Å². The van der Waals surface area contributed by atoms with E-state index in [9.17, 15) is 18.0 Å². The minimum absolute atomic E-state index is 0.111. The summed E-state index contributed by atoms with van der Waals surface area (Å²) in [6.45, 7) is 3.52. The molecule has 0 saturated heterocycles. The maximum Gasteiger partial charge on any atom is 0.344 e. The number of nitrogens with one attached hydrogen (secondary N) is 1. The van der Waals surface area contributed by atoms with Gasteiger partial charge in [-0.25, -0.2) is 17.9 Å². The second-order valence-electron chi connectivity index (χ2n) is 5.97. The first-order chi connectivity index (χ1) is 13.3. The first-order valence-electron chi connectivity index (χ1n) is 8.80. The molecule has 0 fully saturated rings. The molecule has 0 amide bonds. The molecule has 28 heavy (non-hydrogen) atoms. The van der Waals surface area contributed by atoms with E-state index in [1.807, 2.05) is 0 Å². The monoisotopic (exact) mass is 405 g/mol. The van der Waals surface area contributed by atoms with Crippen LogP contribution in [0.25, 0.3) is 0 Å². The maximum absolute atomic E-state index is 12.3. The van der Waals surface area contributed by atoms with Crippen LogP contribution in [-0.2, 0) is 26.0 Å². The van der Waals surface area contributed by atoms with Gasteiger partial charge in [0, 0.05) is 12.1 Å². The van der Waals surface area contributed by atoms with Crippen LogP contribution < -0.4 is 9.46 Å². The van der Waals surface area contributed by atoms with Crippen molar-refractivity contribution in [1.82, 2.24) is 4.72 Å². The number of ether oxygens (including phenoxy) is 2. The van der Waals surface area contributed by atoms with Crippen LogP contribution in [0.3, 0.4) is 0 Å². The Bertz CT molecular complexity index is 905. The van der Waals surface area contributed by atoms with Gasteiger partial charge in [-0.3, -0.25) is 4.79 Å². The van der Waals surface area contributed by atoms with Crippen molar-refractivity contribution in [3.8, 4) is 5.75 Å². The Labute approximate surface area is 164 Å². The van der Waals surface area contributed by atoms with Crippen molar-refractivity contribution >= 4 is 21.8 Å². The zero-order valence-electron chi connectivity index (χ0n) is 15.8. The van der Waals surface area contributed by atoms with E-state index >= 15 is 0 Å². The summed E-state index contributed by atoms with van der Waals surface area (Å²) in [6.07, 6.45) is 0.489. The summed E-state index contributed by atoms with van der Waals surface area (Å²) in [5, 5.41) is 0. The molecule has 0 aliphatic heterocycles. The third kappa shape index (κ3) is 6.47. The van der Waals surface area contributed by atoms with Crippen LogP contribution in [0.15, 0.2) is 53.4 Å². The molecule has 8 heteroatoms. The van der Waals surface area contributed by atoms with Gasteiger partial charge in [0.15, 0.2) is 12.4 Å². The number of rotatable bonds is 10. The average molecular weight is 405 g/mol. The molecule has 0 spiro atoms. The highest BCUT2D eigenvalue weighted by atomic mass is 32.2. The highest BCUT2D eigenvalue weighted by molar-refractivity contribution is 7.89. The smallest absolute Gasteiger partial charge is 0.344 e. The van der Waals surface area contributed by atoms with Crippen LogP contribution in [-0.4, -0.2) is 39.9 Å². The number of benzene rings is 2. The van der Waals surface area contributed by atoms with Gasteiger partial charge >= 0.3 is 5.97 Å². The van der Waals surface area contributed by atoms with E-state index < -0.39 is 16.0 Å². The summed E-state index contributed by atoms with van der Waals surface area (Å²) < 4.78 is 37.2. The third-order valence-electron chi connectivity index (χ3n) is 3.86. The van der Waals surface area contributed by atoms with Gasteiger partial charge in [-0.2, -0.15) is 0 Å². The first-order valence-corrected chi connectivity index (χ1v) is 10.3. The highest BCUT2D eigenvalue weighted by Crippen LogP contribution is 2.14. The fourth-order valence-corrected chi connectivity index (χ4v) is 3.41. The van der Waals surface area contributed by atoms with Gasteiger partial charge in [-0.15, -0.1) is 0 Å². The van der Waals surface area contributed by atoms with Crippen molar-refractivity contribution in [1.29, 1.82) is 0 Å². The molecule has 0 bridgehead atoms. The number of Topliss-reactive ketones (excluding diaryl/α,β-unsaturated/α-hetero) is 1. The van der Waals surface area contributed by atoms with Crippen molar-refractivity contribution in [3.63, 3.8) is 0 Å². The largest absolute Gasteiger partial charge is 0.482 e. The molecular weight excluding hydrogens is 382 g/mol. The lowest BCUT2D eigenvalue weighted by molar-refractivity contribution is -0.145. The predicted molar refractivity (Wildman–Crippen MR) is 104 cm³/mol. The Morgan fingerprint density at radius 3 is 2.21 bits per heavy atom. The van der Waals surface area contributed by atoms with Crippen LogP contribution >= 0.6 is 0 Å². The van der Waals surface area contributed by atoms with Crippen molar-refractivity contribution in [2.45, 2.75) is 25.2 Å². The normalized spacial score (nSPS) is 11.1. The molecule has 0 unspecified atom stereocenters. The number of carbonyl (C=O) groups is 2. The van der Waals surface area contributed by atoms with E-state index in [2.05, 4.69) is 4.72 Å².